The van der Waals surface area contributed by atoms with Gasteiger partial charge in [0.15, 0.2) is 0 Å². The van der Waals surface area contributed by atoms with Crippen LogP contribution in [0.25, 0.3) is 11.0 Å². The molecule has 1 fully saturated rings. The Labute approximate surface area is 93.3 Å². The van der Waals surface area contributed by atoms with Crippen molar-refractivity contribution in [2.45, 2.75) is 31.7 Å². The molecule has 0 amide bonds. The molecule has 82 valence electrons. The third-order valence-electron chi connectivity index (χ3n) is 3.18. The second-order valence-corrected chi connectivity index (χ2v) is 4.31. The Hall–Kier alpha value is -1.71. The summed E-state index contributed by atoms with van der Waals surface area (Å²) in [7, 11) is 0. The molecule has 2 aromatic rings. The molecule has 4 heteroatoms. The van der Waals surface area contributed by atoms with Gasteiger partial charge in [-0.15, -0.1) is 5.10 Å². The highest BCUT2D eigenvalue weighted by Crippen LogP contribution is 2.27. The fourth-order valence-electron chi connectivity index (χ4n) is 2.37. The van der Waals surface area contributed by atoms with E-state index < -0.39 is 0 Å². The molecule has 1 aromatic heterocycles. The molecule has 0 spiro atoms. The van der Waals surface area contributed by atoms with Crippen LogP contribution in [0, 0.1) is 0 Å². The molecule has 16 heavy (non-hydrogen) atoms. The Morgan fingerprint density at radius 2 is 2.19 bits per heavy atom. The molecular weight excluding hydrogens is 202 g/mol. The zero-order chi connectivity index (χ0) is 11.0. The van der Waals surface area contributed by atoms with Crippen molar-refractivity contribution in [1.82, 2.24) is 15.0 Å². The zero-order valence-electron chi connectivity index (χ0n) is 8.97. The zero-order valence-corrected chi connectivity index (χ0v) is 8.97. The number of carbonyl (C=O) groups excluding carboxylic acids is 1. The molecule has 1 heterocycles. The minimum absolute atomic E-state index is 0.202. The van der Waals surface area contributed by atoms with Gasteiger partial charge in [-0.25, -0.2) is 4.68 Å². The molecule has 1 aromatic carbocycles. The van der Waals surface area contributed by atoms with Crippen molar-refractivity contribution in [3.05, 3.63) is 24.3 Å². The lowest BCUT2D eigenvalue weighted by Gasteiger charge is -2.21. The molecule has 1 atom stereocenters. The molecule has 1 unspecified atom stereocenters. The van der Waals surface area contributed by atoms with Gasteiger partial charge in [-0.05, 0) is 25.0 Å². The summed E-state index contributed by atoms with van der Waals surface area (Å²) in [6.45, 7) is 0. The van der Waals surface area contributed by atoms with Crippen LogP contribution in [0.15, 0.2) is 24.3 Å². The van der Waals surface area contributed by atoms with E-state index in [9.17, 15) is 4.79 Å². The van der Waals surface area contributed by atoms with Crippen molar-refractivity contribution in [2.24, 2.45) is 0 Å². The lowest BCUT2D eigenvalue weighted by molar-refractivity contribution is -0.121. The third-order valence-corrected chi connectivity index (χ3v) is 3.18. The van der Waals surface area contributed by atoms with E-state index in [1.54, 1.807) is 0 Å². The van der Waals surface area contributed by atoms with Gasteiger partial charge < -0.3 is 0 Å². The average Bonchev–Trinajstić information content (AvgIpc) is 2.72. The molecule has 4 nitrogen and oxygen atoms in total. The van der Waals surface area contributed by atoms with E-state index in [0.717, 1.165) is 30.3 Å². The number of rotatable bonds is 1. The summed E-state index contributed by atoms with van der Waals surface area (Å²) in [5.74, 6) is 0.343. The summed E-state index contributed by atoms with van der Waals surface area (Å²) in [5, 5.41) is 8.29. The minimum Gasteiger partial charge on any atom is -0.300 e. The maximum Gasteiger partial charge on any atom is 0.135 e. The Morgan fingerprint density at radius 1 is 1.31 bits per heavy atom. The fraction of sp³-hybridized carbons (Fsp3) is 0.417. The number of hydrogen-bond acceptors (Lipinski definition) is 3. The highest BCUT2D eigenvalue weighted by Gasteiger charge is 2.23. The molecule has 0 aliphatic heterocycles. The van der Waals surface area contributed by atoms with Gasteiger partial charge in [0.25, 0.3) is 0 Å². The normalized spacial score (nSPS) is 21.5. The largest absolute Gasteiger partial charge is 0.300 e. The SMILES string of the molecule is O=C1CCCC(n2nnc3ccccc32)C1. The summed E-state index contributed by atoms with van der Waals surface area (Å²) >= 11 is 0. The van der Waals surface area contributed by atoms with E-state index in [1.807, 2.05) is 28.9 Å². The molecule has 0 radical (unpaired) electrons. The van der Waals surface area contributed by atoms with Crippen LogP contribution in [0.2, 0.25) is 0 Å². The highest BCUT2D eigenvalue weighted by atomic mass is 16.1. The van der Waals surface area contributed by atoms with Crippen LogP contribution in [-0.2, 0) is 4.79 Å². The lowest BCUT2D eigenvalue weighted by Crippen LogP contribution is -2.19. The van der Waals surface area contributed by atoms with Crippen molar-refractivity contribution >= 4 is 16.8 Å². The van der Waals surface area contributed by atoms with E-state index in [1.165, 1.54) is 0 Å². The molecule has 0 N–H and O–H groups in total. The summed E-state index contributed by atoms with van der Waals surface area (Å²) < 4.78 is 1.91. The first-order valence-electron chi connectivity index (χ1n) is 5.66. The van der Waals surface area contributed by atoms with Crippen molar-refractivity contribution in [3.63, 3.8) is 0 Å². The molecule has 1 aliphatic carbocycles. The number of ketones is 1. The van der Waals surface area contributed by atoms with Crippen LogP contribution in [0.3, 0.4) is 0 Å². The van der Waals surface area contributed by atoms with E-state index in [4.69, 9.17) is 0 Å². The smallest absolute Gasteiger partial charge is 0.135 e. The Kier molecular flexibility index (Phi) is 2.20. The van der Waals surface area contributed by atoms with Gasteiger partial charge in [0.05, 0.1) is 11.6 Å². The number of Topliss-reactive ketones (excluding diaryl/α,β-unsaturated/α-hetero) is 1. The van der Waals surface area contributed by atoms with Crippen LogP contribution in [-0.4, -0.2) is 20.8 Å². The maximum atomic E-state index is 11.4. The number of para-hydroxylation sites is 1. The van der Waals surface area contributed by atoms with Gasteiger partial charge in [0.2, 0.25) is 0 Å². The monoisotopic (exact) mass is 215 g/mol. The van der Waals surface area contributed by atoms with Gasteiger partial charge in [-0.3, -0.25) is 4.79 Å². The summed E-state index contributed by atoms with van der Waals surface area (Å²) in [5.41, 5.74) is 1.93. The van der Waals surface area contributed by atoms with Gasteiger partial charge in [-0.2, -0.15) is 0 Å². The predicted molar refractivity (Wildman–Crippen MR) is 60.0 cm³/mol. The Morgan fingerprint density at radius 3 is 3.06 bits per heavy atom. The standard InChI is InChI=1S/C12H13N3O/c16-10-5-3-4-9(8-10)15-12-7-2-1-6-11(12)13-14-15/h1-2,6-7,9H,3-5,8H2. The molecule has 3 rings (SSSR count). The van der Waals surface area contributed by atoms with Crippen LogP contribution in [0.1, 0.15) is 31.7 Å². The summed E-state index contributed by atoms with van der Waals surface area (Å²) in [4.78, 5) is 11.4. The van der Waals surface area contributed by atoms with E-state index in [-0.39, 0.29) is 6.04 Å². The van der Waals surface area contributed by atoms with Gasteiger partial charge in [-0.1, -0.05) is 17.3 Å². The Bertz CT molecular complexity index is 532. The number of aromatic nitrogens is 3. The van der Waals surface area contributed by atoms with Crippen LogP contribution < -0.4 is 0 Å². The van der Waals surface area contributed by atoms with Crippen molar-refractivity contribution in [1.29, 1.82) is 0 Å². The second kappa shape index (κ2) is 3.70. The van der Waals surface area contributed by atoms with E-state index in [2.05, 4.69) is 10.3 Å². The molecular formula is C12H13N3O. The lowest BCUT2D eigenvalue weighted by atomic mass is 9.94. The first kappa shape index (κ1) is 9.51. The van der Waals surface area contributed by atoms with Gasteiger partial charge in [0.1, 0.15) is 11.3 Å². The fourth-order valence-corrected chi connectivity index (χ4v) is 2.37. The average molecular weight is 215 g/mol. The van der Waals surface area contributed by atoms with E-state index in [0.29, 0.717) is 12.2 Å². The molecule has 1 aliphatic rings. The van der Waals surface area contributed by atoms with Crippen LogP contribution in [0.5, 0.6) is 0 Å². The predicted octanol–water partition coefficient (Wildman–Crippen LogP) is 2.12. The first-order chi connectivity index (χ1) is 7.84. The van der Waals surface area contributed by atoms with E-state index >= 15 is 0 Å². The number of carbonyl (C=O) groups is 1. The highest BCUT2D eigenvalue weighted by molar-refractivity contribution is 5.80. The Balaban J connectivity index is 2.02. The molecule has 1 saturated carbocycles. The van der Waals surface area contributed by atoms with Crippen molar-refractivity contribution in [2.75, 3.05) is 0 Å². The van der Waals surface area contributed by atoms with Crippen molar-refractivity contribution in [3.8, 4) is 0 Å². The third kappa shape index (κ3) is 1.50. The number of hydrogen-bond donors (Lipinski definition) is 0. The van der Waals surface area contributed by atoms with Crippen LogP contribution in [0.4, 0.5) is 0 Å². The number of nitrogens with zero attached hydrogens (tertiary/aromatic N) is 3. The van der Waals surface area contributed by atoms with Crippen LogP contribution >= 0.6 is 0 Å². The van der Waals surface area contributed by atoms with Gasteiger partial charge in [0, 0.05) is 12.8 Å². The summed E-state index contributed by atoms with van der Waals surface area (Å²) in [6.07, 6.45) is 3.33. The van der Waals surface area contributed by atoms with Gasteiger partial charge >= 0.3 is 0 Å². The quantitative estimate of drug-likeness (QED) is 0.732. The topological polar surface area (TPSA) is 47.8 Å². The second-order valence-electron chi connectivity index (χ2n) is 4.31. The molecule has 0 saturated heterocycles. The van der Waals surface area contributed by atoms with Crippen molar-refractivity contribution < 1.29 is 4.79 Å². The maximum absolute atomic E-state index is 11.4. The molecule has 0 bridgehead atoms. The number of fused-ring (bicyclic) bond motifs is 1. The summed E-state index contributed by atoms with van der Waals surface area (Å²) in [6, 6.07) is 8.09. The minimum atomic E-state index is 0.202. The first-order valence-corrected chi connectivity index (χ1v) is 5.66. The number of benzene rings is 1.